The van der Waals surface area contributed by atoms with E-state index in [2.05, 4.69) is 15.2 Å². The number of amides is 2. The van der Waals surface area contributed by atoms with Crippen molar-refractivity contribution in [2.45, 2.75) is 19.3 Å². The Morgan fingerprint density at radius 3 is 2.57 bits per heavy atom. The Hall–Kier alpha value is -2.55. The van der Waals surface area contributed by atoms with Gasteiger partial charge < -0.3 is 16.0 Å². The molecule has 30 heavy (non-hydrogen) atoms. The van der Waals surface area contributed by atoms with Crippen molar-refractivity contribution in [2.75, 3.05) is 25.0 Å². The predicted molar refractivity (Wildman–Crippen MR) is 122 cm³/mol. The summed E-state index contributed by atoms with van der Waals surface area (Å²) in [5.74, 6) is -0.339. The Balaban J connectivity index is 1.27. The zero-order chi connectivity index (χ0) is 20.9. The fourth-order valence-electron chi connectivity index (χ4n) is 3.57. The molecule has 0 unspecified atom stereocenters. The molecule has 1 fully saturated rings. The van der Waals surface area contributed by atoms with Crippen molar-refractivity contribution in [3.05, 3.63) is 57.7 Å². The molecule has 1 saturated heterocycles. The molecule has 156 valence electrons. The van der Waals surface area contributed by atoms with Crippen LogP contribution in [-0.2, 0) is 11.2 Å². The summed E-state index contributed by atoms with van der Waals surface area (Å²) in [5, 5.41) is 9.59. The zero-order valence-electron chi connectivity index (χ0n) is 16.5. The summed E-state index contributed by atoms with van der Waals surface area (Å²) in [6.07, 6.45) is 2.64. The summed E-state index contributed by atoms with van der Waals surface area (Å²) in [4.78, 5) is 30.6. The molecule has 0 radical (unpaired) electrons. The summed E-state index contributed by atoms with van der Waals surface area (Å²) in [6, 6.07) is 9.95. The Kier molecular flexibility index (Phi) is 6.56. The van der Waals surface area contributed by atoms with Crippen molar-refractivity contribution in [3.63, 3.8) is 0 Å². The lowest BCUT2D eigenvalue weighted by Crippen LogP contribution is -2.39. The van der Waals surface area contributed by atoms with Crippen LogP contribution in [0.1, 0.15) is 28.9 Å². The molecule has 0 atom stereocenters. The van der Waals surface area contributed by atoms with E-state index in [1.54, 1.807) is 16.7 Å². The number of thiophene rings is 1. The molecule has 1 aliphatic rings. The smallest absolute Gasteiger partial charge is 0.275 e. The van der Waals surface area contributed by atoms with Gasteiger partial charge >= 0.3 is 0 Å². The van der Waals surface area contributed by atoms with Crippen LogP contribution in [0.4, 0.5) is 5.69 Å². The number of benzene rings is 1. The molecule has 4 rings (SSSR count). The number of anilines is 1. The summed E-state index contributed by atoms with van der Waals surface area (Å²) < 4.78 is 0. The van der Waals surface area contributed by atoms with Crippen LogP contribution < -0.4 is 11.1 Å². The molecule has 3 N–H and O–H groups in total. The second-order valence-electron chi connectivity index (χ2n) is 7.47. The molecule has 2 amide bonds. The molecule has 1 aromatic carbocycles. The highest BCUT2D eigenvalue weighted by Gasteiger charge is 2.22. The fourth-order valence-corrected chi connectivity index (χ4v) is 5.09. The van der Waals surface area contributed by atoms with Gasteiger partial charge in [-0.15, -0.1) is 11.3 Å². The van der Waals surface area contributed by atoms with E-state index in [-0.39, 0.29) is 17.7 Å². The maximum atomic E-state index is 12.5. The van der Waals surface area contributed by atoms with Gasteiger partial charge in [0.25, 0.3) is 5.91 Å². The predicted octanol–water partition coefficient (Wildman–Crippen LogP) is 3.86. The van der Waals surface area contributed by atoms with E-state index in [1.165, 1.54) is 16.9 Å². The number of nitrogens with two attached hydrogens (primary N) is 1. The Bertz CT molecular complexity index is 991. The van der Waals surface area contributed by atoms with E-state index in [0.717, 1.165) is 55.2 Å². The van der Waals surface area contributed by atoms with Crippen LogP contribution in [0.5, 0.6) is 0 Å². The first-order valence-corrected chi connectivity index (χ1v) is 11.8. The number of hydrogen-bond acceptors (Lipinski definition) is 6. The van der Waals surface area contributed by atoms with E-state index in [4.69, 9.17) is 5.73 Å². The van der Waals surface area contributed by atoms with Gasteiger partial charge in [-0.25, -0.2) is 4.98 Å². The SMILES string of the molecule is NC(=O)C1CCN(CCc2ccc(NC(=O)c3csc(-c4ccsc4)n3)cc2)CC1. The standard InChI is InChI=1S/C22H24N4O2S2/c23-20(27)16-6-10-26(11-7-16)9-5-15-1-3-18(4-2-15)24-21(28)19-14-30-22(25-19)17-8-12-29-13-17/h1-4,8,12-14,16H,5-7,9-11H2,(H2,23,27)(H,24,28). The molecular formula is C22H24N4O2S2. The number of rotatable bonds is 7. The largest absolute Gasteiger partial charge is 0.369 e. The monoisotopic (exact) mass is 440 g/mol. The third-order valence-corrected chi connectivity index (χ3v) is 7.00. The van der Waals surface area contributed by atoms with Crippen LogP contribution in [0.15, 0.2) is 46.5 Å². The first kappa shape index (κ1) is 20.7. The number of carbonyl (C=O) groups is 2. The summed E-state index contributed by atoms with van der Waals surface area (Å²) in [5.41, 5.74) is 8.86. The number of nitrogens with zero attached hydrogens (tertiary/aromatic N) is 2. The number of aromatic nitrogens is 1. The number of likely N-dealkylation sites (tertiary alicyclic amines) is 1. The minimum Gasteiger partial charge on any atom is -0.369 e. The molecule has 2 aromatic heterocycles. The van der Waals surface area contributed by atoms with Crippen LogP contribution in [-0.4, -0.2) is 41.3 Å². The fraction of sp³-hybridized carbons (Fsp3) is 0.318. The number of primary amides is 1. The summed E-state index contributed by atoms with van der Waals surface area (Å²) >= 11 is 3.09. The van der Waals surface area contributed by atoms with Gasteiger partial charge in [-0.3, -0.25) is 9.59 Å². The van der Waals surface area contributed by atoms with Crippen molar-refractivity contribution in [2.24, 2.45) is 11.7 Å². The lowest BCUT2D eigenvalue weighted by atomic mass is 9.96. The normalized spacial score (nSPS) is 15.2. The van der Waals surface area contributed by atoms with Crippen LogP contribution in [0.2, 0.25) is 0 Å². The second-order valence-corrected chi connectivity index (χ2v) is 9.11. The third kappa shape index (κ3) is 5.13. The van der Waals surface area contributed by atoms with Gasteiger partial charge in [-0.1, -0.05) is 12.1 Å². The number of carbonyl (C=O) groups excluding carboxylic acids is 2. The van der Waals surface area contributed by atoms with Crippen LogP contribution in [0, 0.1) is 5.92 Å². The van der Waals surface area contributed by atoms with Crippen molar-refractivity contribution in [3.8, 4) is 10.6 Å². The van der Waals surface area contributed by atoms with Crippen LogP contribution in [0.25, 0.3) is 10.6 Å². The van der Waals surface area contributed by atoms with Crippen molar-refractivity contribution < 1.29 is 9.59 Å². The van der Waals surface area contributed by atoms with Crippen molar-refractivity contribution in [1.82, 2.24) is 9.88 Å². The van der Waals surface area contributed by atoms with E-state index in [1.807, 2.05) is 41.1 Å². The molecule has 0 aliphatic carbocycles. The van der Waals surface area contributed by atoms with Gasteiger partial charge in [0, 0.05) is 34.5 Å². The highest BCUT2D eigenvalue weighted by atomic mass is 32.1. The Morgan fingerprint density at radius 1 is 1.13 bits per heavy atom. The first-order valence-electron chi connectivity index (χ1n) is 9.98. The number of piperidine rings is 1. The lowest BCUT2D eigenvalue weighted by Gasteiger charge is -2.30. The van der Waals surface area contributed by atoms with Crippen molar-refractivity contribution in [1.29, 1.82) is 0 Å². The van der Waals surface area contributed by atoms with E-state index < -0.39 is 0 Å². The number of nitrogens with one attached hydrogen (secondary N) is 1. The van der Waals surface area contributed by atoms with Gasteiger partial charge in [0.1, 0.15) is 10.7 Å². The van der Waals surface area contributed by atoms with E-state index in [9.17, 15) is 9.59 Å². The molecule has 3 heterocycles. The van der Waals surface area contributed by atoms with E-state index >= 15 is 0 Å². The topological polar surface area (TPSA) is 88.3 Å². The number of hydrogen-bond donors (Lipinski definition) is 2. The van der Waals surface area contributed by atoms with Gasteiger partial charge in [0.15, 0.2) is 0 Å². The number of thiazole rings is 1. The molecule has 8 heteroatoms. The Morgan fingerprint density at radius 2 is 1.90 bits per heavy atom. The minimum absolute atomic E-state index is 0.0307. The highest BCUT2D eigenvalue weighted by molar-refractivity contribution is 7.14. The zero-order valence-corrected chi connectivity index (χ0v) is 18.2. The second kappa shape index (κ2) is 9.51. The third-order valence-electron chi connectivity index (χ3n) is 5.42. The van der Waals surface area contributed by atoms with Crippen molar-refractivity contribution >= 4 is 40.2 Å². The highest BCUT2D eigenvalue weighted by Crippen LogP contribution is 2.26. The Labute approximate surface area is 183 Å². The quantitative estimate of drug-likeness (QED) is 0.584. The molecule has 0 spiro atoms. The summed E-state index contributed by atoms with van der Waals surface area (Å²) in [7, 11) is 0. The minimum atomic E-state index is -0.196. The van der Waals surface area contributed by atoms with E-state index in [0.29, 0.717) is 5.69 Å². The van der Waals surface area contributed by atoms with Gasteiger partial charge in [0.05, 0.1) is 0 Å². The van der Waals surface area contributed by atoms with Gasteiger partial charge in [-0.2, -0.15) is 11.3 Å². The van der Waals surface area contributed by atoms with Gasteiger partial charge in [0.2, 0.25) is 5.91 Å². The van der Waals surface area contributed by atoms with Crippen LogP contribution in [0.3, 0.4) is 0 Å². The molecule has 6 nitrogen and oxygen atoms in total. The van der Waals surface area contributed by atoms with Gasteiger partial charge in [-0.05, 0) is 61.5 Å². The maximum absolute atomic E-state index is 12.5. The molecular weight excluding hydrogens is 416 g/mol. The molecule has 1 aliphatic heterocycles. The first-order chi connectivity index (χ1) is 14.6. The molecule has 0 bridgehead atoms. The maximum Gasteiger partial charge on any atom is 0.275 e. The van der Waals surface area contributed by atoms with Crippen LogP contribution >= 0.6 is 22.7 Å². The summed E-state index contributed by atoms with van der Waals surface area (Å²) in [6.45, 7) is 2.80. The molecule has 3 aromatic rings. The lowest BCUT2D eigenvalue weighted by molar-refractivity contribution is -0.123. The molecule has 0 saturated carbocycles. The average Bonchev–Trinajstić information content (AvgIpc) is 3.45. The average molecular weight is 441 g/mol.